The summed E-state index contributed by atoms with van der Waals surface area (Å²) in [6.07, 6.45) is 18.8. The molecule has 1 atom stereocenters. The van der Waals surface area contributed by atoms with E-state index in [9.17, 15) is 0 Å². The molecule has 0 radical (unpaired) electrons. The summed E-state index contributed by atoms with van der Waals surface area (Å²) in [6, 6.07) is 0. The second kappa shape index (κ2) is 12.4. The van der Waals surface area contributed by atoms with Crippen LogP contribution in [0.15, 0.2) is 11.3 Å². The molecule has 1 nitrogen and oxygen atoms in total. The second-order valence-corrected chi connectivity index (χ2v) is 12.1. The summed E-state index contributed by atoms with van der Waals surface area (Å²) in [6.45, 7) is 20.0. The van der Waals surface area contributed by atoms with Crippen LogP contribution in [0.1, 0.15) is 145 Å². The van der Waals surface area contributed by atoms with Crippen molar-refractivity contribution in [3.63, 3.8) is 0 Å². The number of unbranched alkanes of at least 4 members (excludes halogenated alkanes) is 9. The van der Waals surface area contributed by atoms with Crippen molar-refractivity contribution in [2.75, 3.05) is 6.61 Å². The molecule has 1 aliphatic rings. The topological polar surface area (TPSA) is 9.23 Å². The Hall–Kier alpha value is -0.460. The largest absolute Gasteiger partial charge is 0.497 e. The predicted molar refractivity (Wildman–Crippen MR) is 130 cm³/mol. The molecule has 1 aliphatic carbocycles. The molecular formula is C28H54O. The van der Waals surface area contributed by atoms with Gasteiger partial charge in [0.2, 0.25) is 0 Å². The highest BCUT2D eigenvalue weighted by Crippen LogP contribution is 2.54. The van der Waals surface area contributed by atoms with Crippen molar-refractivity contribution < 1.29 is 4.74 Å². The van der Waals surface area contributed by atoms with Crippen molar-refractivity contribution in [2.45, 2.75) is 145 Å². The average molecular weight is 407 g/mol. The van der Waals surface area contributed by atoms with Gasteiger partial charge in [-0.2, -0.15) is 0 Å². The van der Waals surface area contributed by atoms with Crippen LogP contribution in [-0.2, 0) is 4.74 Å². The van der Waals surface area contributed by atoms with E-state index < -0.39 is 0 Å². The first kappa shape index (κ1) is 26.6. The van der Waals surface area contributed by atoms with Gasteiger partial charge in [-0.1, -0.05) is 113 Å². The van der Waals surface area contributed by atoms with Crippen molar-refractivity contribution in [1.29, 1.82) is 0 Å². The Morgan fingerprint density at radius 1 is 0.724 bits per heavy atom. The average Bonchev–Trinajstić information content (AvgIpc) is 2.54. The van der Waals surface area contributed by atoms with Crippen molar-refractivity contribution in [3.8, 4) is 0 Å². The third-order valence-corrected chi connectivity index (χ3v) is 7.06. The van der Waals surface area contributed by atoms with Crippen LogP contribution in [0.5, 0.6) is 0 Å². The van der Waals surface area contributed by atoms with Gasteiger partial charge in [0.25, 0.3) is 0 Å². The van der Waals surface area contributed by atoms with E-state index in [2.05, 4.69) is 55.4 Å². The molecule has 29 heavy (non-hydrogen) atoms. The fourth-order valence-corrected chi connectivity index (χ4v) is 4.74. The highest BCUT2D eigenvalue weighted by Gasteiger charge is 2.46. The van der Waals surface area contributed by atoms with Crippen LogP contribution in [0.4, 0.5) is 0 Å². The predicted octanol–water partition coefficient (Wildman–Crippen LogP) is 9.85. The van der Waals surface area contributed by atoms with E-state index in [0.717, 1.165) is 6.61 Å². The highest BCUT2D eigenvalue weighted by atomic mass is 16.5. The van der Waals surface area contributed by atoms with Gasteiger partial charge in [-0.15, -0.1) is 0 Å². The molecule has 0 aliphatic heterocycles. The zero-order valence-corrected chi connectivity index (χ0v) is 21.5. The lowest BCUT2D eigenvalue weighted by molar-refractivity contribution is 0.0147. The Morgan fingerprint density at radius 2 is 1.21 bits per heavy atom. The molecule has 0 saturated heterocycles. The maximum atomic E-state index is 6.64. The van der Waals surface area contributed by atoms with E-state index in [1.807, 2.05) is 0 Å². The van der Waals surface area contributed by atoms with Crippen molar-refractivity contribution in [1.82, 2.24) is 0 Å². The number of hydrogen-bond acceptors (Lipinski definition) is 1. The van der Waals surface area contributed by atoms with Crippen LogP contribution >= 0.6 is 0 Å². The van der Waals surface area contributed by atoms with Crippen LogP contribution < -0.4 is 0 Å². The molecule has 1 rings (SSSR count). The minimum absolute atomic E-state index is 0.111. The molecule has 0 aromatic rings. The van der Waals surface area contributed by atoms with Gasteiger partial charge < -0.3 is 4.74 Å². The van der Waals surface area contributed by atoms with Crippen LogP contribution in [-0.4, -0.2) is 6.61 Å². The highest BCUT2D eigenvalue weighted by molar-refractivity contribution is 5.23. The monoisotopic (exact) mass is 406 g/mol. The standard InChI is InChI=1S/C28H54O/c1-9-10-11-12-13-14-15-16-17-18-22-29-25(24-20-19-21-24)28(8,27(5,6)7)23-26(2,3)4/h9-23H2,1-8H3. The summed E-state index contributed by atoms with van der Waals surface area (Å²) in [4.78, 5) is 0. The lowest BCUT2D eigenvalue weighted by atomic mass is 9.59. The molecule has 1 heteroatoms. The molecule has 0 amide bonds. The fraction of sp³-hybridized carbons (Fsp3) is 0.929. The molecule has 0 N–H and O–H groups in total. The minimum Gasteiger partial charge on any atom is -0.497 e. The molecule has 0 aromatic carbocycles. The van der Waals surface area contributed by atoms with Crippen molar-refractivity contribution in [3.05, 3.63) is 11.3 Å². The summed E-state index contributed by atoms with van der Waals surface area (Å²) in [5, 5.41) is 0. The van der Waals surface area contributed by atoms with Crippen LogP contribution in [0.25, 0.3) is 0 Å². The molecule has 0 spiro atoms. The van der Waals surface area contributed by atoms with Gasteiger partial charge in [0.05, 0.1) is 6.61 Å². The van der Waals surface area contributed by atoms with E-state index in [1.165, 1.54) is 95.7 Å². The first-order valence-corrected chi connectivity index (χ1v) is 12.9. The zero-order valence-electron chi connectivity index (χ0n) is 21.5. The number of hydrogen-bond donors (Lipinski definition) is 0. The van der Waals surface area contributed by atoms with Crippen molar-refractivity contribution >= 4 is 0 Å². The Balaban J connectivity index is 2.49. The number of ether oxygens (including phenoxy) is 1. The van der Waals surface area contributed by atoms with Gasteiger partial charge in [0, 0.05) is 5.41 Å². The van der Waals surface area contributed by atoms with Gasteiger partial charge in [-0.25, -0.2) is 0 Å². The number of rotatable bonds is 14. The molecule has 1 saturated carbocycles. The third kappa shape index (κ3) is 9.48. The minimum atomic E-state index is 0.111. The SMILES string of the molecule is CCCCCCCCCCCCOC(=C1CCC1)C(C)(CC(C)(C)C)C(C)(C)C. The maximum Gasteiger partial charge on any atom is 0.102 e. The quantitative estimate of drug-likeness (QED) is 0.206. The van der Waals surface area contributed by atoms with E-state index in [4.69, 9.17) is 4.74 Å². The Kier molecular flexibility index (Phi) is 11.4. The van der Waals surface area contributed by atoms with E-state index in [1.54, 1.807) is 5.57 Å². The van der Waals surface area contributed by atoms with Crippen molar-refractivity contribution in [2.24, 2.45) is 16.2 Å². The first-order valence-electron chi connectivity index (χ1n) is 12.9. The summed E-state index contributed by atoms with van der Waals surface area (Å²) in [5.41, 5.74) is 2.23. The fourth-order valence-electron chi connectivity index (χ4n) is 4.74. The van der Waals surface area contributed by atoms with Gasteiger partial charge in [-0.05, 0) is 48.5 Å². The van der Waals surface area contributed by atoms with E-state index >= 15 is 0 Å². The second-order valence-electron chi connectivity index (χ2n) is 12.1. The van der Waals surface area contributed by atoms with Crippen LogP contribution in [0.2, 0.25) is 0 Å². The molecule has 1 unspecified atom stereocenters. The lowest BCUT2D eigenvalue weighted by Crippen LogP contribution is -2.40. The van der Waals surface area contributed by atoms with Gasteiger partial charge in [0.15, 0.2) is 0 Å². The van der Waals surface area contributed by atoms with E-state index in [0.29, 0.717) is 5.41 Å². The summed E-state index contributed by atoms with van der Waals surface area (Å²) in [7, 11) is 0. The normalized spacial score (nSPS) is 17.0. The summed E-state index contributed by atoms with van der Waals surface area (Å²) < 4.78 is 6.64. The van der Waals surface area contributed by atoms with Gasteiger partial charge >= 0.3 is 0 Å². The van der Waals surface area contributed by atoms with Crippen LogP contribution in [0.3, 0.4) is 0 Å². The van der Waals surface area contributed by atoms with E-state index in [-0.39, 0.29) is 10.8 Å². The molecule has 0 heterocycles. The van der Waals surface area contributed by atoms with Gasteiger partial charge in [0.1, 0.15) is 5.76 Å². The Labute approximate surface area is 184 Å². The zero-order chi connectivity index (χ0) is 22.0. The molecular weight excluding hydrogens is 352 g/mol. The molecule has 172 valence electrons. The first-order chi connectivity index (χ1) is 13.5. The third-order valence-electron chi connectivity index (χ3n) is 7.06. The molecule has 0 bridgehead atoms. The molecule has 1 fully saturated rings. The molecule has 0 aromatic heterocycles. The Bertz CT molecular complexity index is 468. The summed E-state index contributed by atoms with van der Waals surface area (Å²) >= 11 is 0. The lowest BCUT2D eigenvalue weighted by Gasteiger charge is -2.48. The summed E-state index contributed by atoms with van der Waals surface area (Å²) in [5.74, 6) is 1.36. The smallest absolute Gasteiger partial charge is 0.102 e. The van der Waals surface area contributed by atoms with Crippen LogP contribution in [0, 0.1) is 16.2 Å². The van der Waals surface area contributed by atoms with Gasteiger partial charge in [-0.3, -0.25) is 0 Å². The number of allylic oxidation sites excluding steroid dienone is 2. The Morgan fingerprint density at radius 3 is 1.59 bits per heavy atom. The maximum absolute atomic E-state index is 6.64.